The van der Waals surface area contributed by atoms with Crippen molar-refractivity contribution in [1.82, 2.24) is 4.90 Å². The van der Waals surface area contributed by atoms with Gasteiger partial charge in [-0.2, -0.15) is 0 Å². The fourth-order valence-corrected chi connectivity index (χ4v) is 1.10. The van der Waals surface area contributed by atoms with Crippen LogP contribution >= 0.6 is 0 Å². The Morgan fingerprint density at radius 1 is 1.46 bits per heavy atom. The van der Waals surface area contributed by atoms with E-state index < -0.39 is 5.97 Å². The molecule has 1 rings (SSSR count). The summed E-state index contributed by atoms with van der Waals surface area (Å²) in [6.45, 7) is 10.8. The highest BCUT2D eigenvalue weighted by atomic mass is 16.4. The molecule has 1 N–H and O–H groups in total. The summed E-state index contributed by atoms with van der Waals surface area (Å²) in [6.07, 6.45) is 2.85. The van der Waals surface area contributed by atoms with Crippen LogP contribution in [0.4, 0.5) is 0 Å². The summed E-state index contributed by atoms with van der Waals surface area (Å²) < 4.78 is 0. The molecule has 0 unspecified atom stereocenters. The molecule has 0 aromatic heterocycles. The van der Waals surface area contributed by atoms with Gasteiger partial charge in [-0.15, -0.1) is 0 Å². The maximum Gasteiger partial charge on any atom is 0.330 e. The minimum absolute atomic E-state index is 0.176. The zero-order valence-corrected chi connectivity index (χ0v) is 8.55. The third-order valence-corrected chi connectivity index (χ3v) is 2.01. The van der Waals surface area contributed by atoms with E-state index in [1.54, 1.807) is 0 Å². The van der Waals surface area contributed by atoms with Gasteiger partial charge in [-0.05, 0) is 39.4 Å². The SMILES string of the molecule is C=C(C)C(=O)O.CCN1CCCC1. The molecule has 0 saturated carbocycles. The molecule has 13 heavy (non-hydrogen) atoms. The Hall–Kier alpha value is -0.830. The minimum atomic E-state index is -0.935. The van der Waals surface area contributed by atoms with Gasteiger partial charge in [0, 0.05) is 5.57 Å². The fraction of sp³-hybridized carbons (Fsp3) is 0.700. The molecule has 0 aromatic carbocycles. The van der Waals surface area contributed by atoms with Gasteiger partial charge in [-0.1, -0.05) is 13.5 Å². The van der Waals surface area contributed by atoms with Gasteiger partial charge < -0.3 is 10.0 Å². The molecule has 0 aliphatic carbocycles. The Morgan fingerprint density at radius 2 is 1.85 bits per heavy atom. The molecule has 3 nitrogen and oxygen atoms in total. The van der Waals surface area contributed by atoms with Gasteiger partial charge in [0.1, 0.15) is 0 Å². The summed E-state index contributed by atoms with van der Waals surface area (Å²) in [5.41, 5.74) is 0.176. The van der Waals surface area contributed by atoms with E-state index in [0.29, 0.717) is 0 Å². The molecule has 0 aromatic rings. The Morgan fingerprint density at radius 3 is 2.00 bits per heavy atom. The number of aliphatic carboxylic acids is 1. The van der Waals surface area contributed by atoms with Gasteiger partial charge in [-0.25, -0.2) is 4.79 Å². The van der Waals surface area contributed by atoms with Crippen LogP contribution in [0, 0.1) is 0 Å². The quantitative estimate of drug-likeness (QED) is 0.666. The van der Waals surface area contributed by atoms with Crippen LogP contribution in [0.2, 0.25) is 0 Å². The highest BCUT2D eigenvalue weighted by Gasteiger charge is 2.06. The lowest BCUT2D eigenvalue weighted by atomic mass is 10.4. The monoisotopic (exact) mass is 185 g/mol. The number of rotatable bonds is 2. The molecule has 0 radical (unpaired) electrons. The van der Waals surface area contributed by atoms with Crippen molar-refractivity contribution in [2.24, 2.45) is 0 Å². The highest BCUT2D eigenvalue weighted by Crippen LogP contribution is 2.04. The van der Waals surface area contributed by atoms with E-state index in [0.717, 1.165) is 0 Å². The molecular formula is C10H19NO2. The zero-order valence-electron chi connectivity index (χ0n) is 8.55. The summed E-state index contributed by atoms with van der Waals surface area (Å²) in [5, 5.41) is 7.89. The molecule has 1 heterocycles. The van der Waals surface area contributed by atoms with Crippen molar-refractivity contribution < 1.29 is 9.90 Å². The van der Waals surface area contributed by atoms with Crippen LogP contribution in [0.15, 0.2) is 12.2 Å². The first-order valence-corrected chi connectivity index (χ1v) is 4.69. The van der Waals surface area contributed by atoms with Crippen LogP contribution in [0.1, 0.15) is 26.7 Å². The largest absolute Gasteiger partial charge is 0.478 e. The predicted octanol–water partition coefficient (Wildman–Crippen LogP) is 1.75. The molecule has 76 valence electrons. The van der Waals surface area contributed by atoms with Crippen molar-refractivity contribution in [3.8, 4) is 0 Å². The number of carboxylic acids is 1. The highest BCUT2D eigenvalue weighted by molar-refractivity contribution is 5.84. The van der Waals surface area contributed by atoms with E-state index in [1.807, 2.05) is 0 Å². The van der Waals surface area contributed by atoms with Gasteiger partial charge >= 0.3 is 5.97 Å². The fourth-order valence-electron chi connectivity index (χ4n) is 1.10. The Labute approximate surface area is 80.0 Å². The molecular weight excluding hydrogens is 166 g/mol. The number of carboxylic acid groups (broad SMARTS) is 1. The van der Waals surface area contributed by atoms with E-state index in [9.17, 15) is 4.79 Å². The molecule has 0 amide bonds. The van der Waals surface area contributed by atoms with Gasteiger partial charge in [0.2, 0.25) is 0 Å². The van der Waals surface area contributed by atoms with Crippen LogP contribution in [-0.2, 0) is 4.79 Å². The van der Waals surface area contributed by atoms with E-state index in [-0.39, 0.29) is 5.57 Å². The lowest BCUT2D eigenvalue weighted by Gasteiger charge is -2.08. The van der Waals surface area contributed by atoms with Crippen LogP contribution in [0.5, 0.6) is 0 Å². The van der Waals surface area contributed by atoms with Gasteiger partial charge in [0.05, 0.1) is 0 Å². The first kappa shape index (κ1) is 12.2. The summed E-state index contributed by atoms with van der Waals surface area (Å²) in [6, 6.07) is 0. The standard InChI is InChI=1S/C6H13N.C4H6O2/c1-2-7-5-3-4-6-7;1-3(2)4(5)6/h2-6H2,1H3;1H2,2H3,(H,5,6). The molecule has 1 aliphatic heterocycles. The second kappa shape index (κ2) is 6.66. The van der Waals surface area contributed by atoms with E-state index >= 15 is 0 Å². The molecule has 1 fully saturated rings. The zero-order chi connectivity index (χ0) is 10.3. The second-order valence-corrected chi connectivity index (χ2v) is 3.23. The Kier molecular flexibility index (Phi) is 6.24. The molecule has 1 aliphatic rings. The molecule has 0 spiro atoms. The van der Waals surface area contributed by atoms with E-state index in [2.05, 4.69) is 18.4 Å². The average molecular weight is 185 g/mol. The van der Waals surface area contributed by atoms with Gasteiger partial charge in [-0.3, -0.25) is 0 Å². The molecule has 0 bridgehead atoms. The maximum absolute atomic E-state index is 9.60. The van der Waals surface area contributed by atoms with E-state index in [1.165, 1.54) is 39.4 Å². The lowest BCUT2D eigenvalue weighted by molar-refractivity contribution is -0.132. The van der Waals surface area contributed by atoms with Crippen molar-refractivity contribution in [3.05, 3.63) is 12.2 Å². The first-order valence-electron chi connectivity index (χ1n) is 4.69. The number of carbonyl (C=O) groups is 1. The van der Waals surface area contributed by atoms with Crippen LogP contribution in [0.3, 0.4) is 0 Å². The normalized spacial score (nSPS) is 16.2. The number of likely N-dealkylation sites (tertiary alicyclic amines) is 1. The Balaban J connectivity index is 0.000000226. The second-order valence-electron chi connectivity index (χ2n) is 3.23. The molecule has 1 saturated heterocycles. The first-order chi connectivity index (χ1) is 6.07. The number of hydrogen-bond acceptors (Lipinski definition) is 2. The smallest absolute Gasteiger partial charge is 0.330 e. The third-order valence-electron chi connectivity index (χ3n) is 2.01. The summed E-state index contributed by atoms with van der Waals surface area (Å²) in [7, 11) is 0. The van der Waals surface area contributed by atoms with Crippen LogP contribution in [0.25, 0.3) is 0 Å². The molecule has 0 atom stereocenters. The van der Waals surface area contributed by atoms with Crippen molar-refractivity contribution in [3.63, 3.8) is 0 Å². The van der Waals surface area contributed by atoms with Crippen molar-refractivity contribution in [1.29, 1.82) is 0 Å². The van der Waals surface area contributed by atoms with Gasteiger partial charge in [0.25, 0.3) is 0 Å². The summed E-state index contributed by atoms with van der Waals surface area (Å²) in [4.78, 5) is 12.1. The van der Waals surface area contributed by atoms with Crippen LogP contribution < -0.4 is 0 Å². The third kappa shape index (κ3) is 6.34. The summed E-state index contributed by atoms with van der Waals surface area (Å²) in [5.74, 6) is -0.935. The lowest BCUT2D eigenvalue weighted by Crippen LogP contribution is -2.17. The van der Waals surface area contributed by atoms with Gasteiger partial charge in [0.15, 0.2) is 0 Å². The maximum atomic E-state index is 9.60. The Bertz CT molecular complexity index is 160. The predicted molar refractivity (Wildman–Crippen MR) is 53.8 cm³/mol. The van der Waals surface area contributed by atoms with E-state index in [4.69, 9.17) is 5.11 Å². The average Bonchev–Trinajstić information content (AvgIpc) is 2.56. The van der Waals surface area contributed by atoms with Crippen LogP contribution in [-0.4, -0.2) is 35.6 Å². The van der Waals surface area contributed by atoms with Crippen molar-refractivity contribution in [2.45, 2.75) is 26.7 Å². The minimum Gasteiger partial charge on any atom is -0.478 e. The van der Waals surface area contributed by atoms with Crippen molar-refractivity contribution in [2.75, 3.05) is 19.6 Å². The molecule has 3 heteroatoms. The summed E-state index contributed by atoms with van der Waals surface area (Å²) >= 11 is 0. The van der Waals surface area contributed by atoms with Crippen molar-refractivity contribution >= 4 is 5.97 Å². The number of nitrogens with zero attached hydrogens (tertiary/aromatic N) is 1. The number of hydrogen-bond donors (Lipinski definition) is 1. The topological polar surface area (TPSA) is 40.5 Å².